The van der Waals surface area contributed by atoms with E-state index >= 15 is 0 Å². The second-order valence-corrected chi connectivity index (χ2v) is 6.23. The van der Waals surface area contributed by atoms with Crippen LogP contribution >= 0.6 is 0 Å². The standard InChI is InChI=1S/C19H20FNO4/c1-11-8-15(12(2)21(11)14-5-6-14)19(23)25-10-17(22)13-4-7-18(24-3)16(20)9-13/h4,7-9,14H,5-6,10H2,1-3H3. The van der Waals surface area contributed by atoms with Gasteiger partial charge in [-0.1, -0.05) is 0 Å². The second-order valence-electron chi connectivity index (χ2n) is 6.23. The van der Waals surface area contributed by atoms with Crippen molar-refractivity contribution in [3.63, 3.8) is 0 Å². The van der Waals surface area contributed by atoms with Crippen LogP contribution in [0.15, 0.2) is 24.3 Å². The highest BCUT2D eigenvalue weighted by Gasteiger charge is 2.29. The highest BCUT2D eigenvalue weighted by molar-refractivity contribution is 5.99. The number of carbonyl (C=O) groups excluding carboxylic acids is 2. The molecule has 6 heteroatoms. The van der Waals surface area contributed by atoms with Crippen molar-refractivity contribution in [1.29, 1.82) is 0 Å². The number of ketones is 1. The Balaban J connectivity index is 1.67. The molecule has 0 N–H and O–H groups in total. The van der Waals surface area contributed by atoms with Crippen LogP contribution in [0.5, 0.6) is 5.75 Å². The van der Waals surface area contributed by atoms with Crippen LogP contribution in [0.25, 0.3) is 0 Å². The molecule has 132 valence electrons. The molecule has 0 amide bonds. The van der Waals surface area contributed by atoms with Gasteiger partial charge in [-0.15, -0.1) is 0 Å². The zero-order valence-electron chi connectivity index (χ0n) is 14.5. The summed E-state index contributed by atoms with van der Waals surface area (Å²) in [5, 5.41) is 0. The number of benzene rings is 1. The van der Waals surface area contributed by atoms with Gasteiger partial charge >= 0.3 is 5.97 Å². The number of nitrogens with zero attached hydrogens (tertiary/aromatic N) is 1. The van der Waals surface area contributed by atoms with Crippen LogP contribution in [0.2, 0.25) is 0 Å². The Morgan fingerprint density at radius 3 is 2.56 bits per heavy atom. The summed E-state index contributed by atoms with van der Waals surface area (Å²) in [5.41, 5.74) is 2.47. The van der Waals surface area contributed by atoms with Crippen molar-refractivity contribution in [2.45, 2.75) is 32.7 Å². The number of methoxy groups -OCH3 is 1. The number of hydrogen-bond donors (Lipinski definition) is 0. The number of esters is 1. The molecule has 1 fully saturated rings. The van der Waals surface area contributed by atoms with Gasteiger partial charge < -0.3 is 14.0 Å². The molecule has 0 spiro atoms. The molecule has 1 saturated carbocycles. The predicted molar refractivity (Wildman–Crippen MR) is 89.7 cm³/mol. The van der Waals surface area contributed by atoms with Gasteiger partial charge in [-0.2, -0.15) is 0 Å². The molecule has 0 radical (unpaired) electrons. The molecular weight excluding hydrogens is 325 g/mol. The summed E-state index contributed by atoms with van der Waals surface area (Å²) in [6.45, 7) is 3.40. The topological polar surface area (TPSA) is 57.5 Å². The third-order valence-corrected chi connectivity index (χ3v) is 4.42. The van der Waals surface area contributed by atoms with Crippen molar-refractivity contribution in [3.05, 3.63) is 52.6 Å². The first-order valence-electron chi connectivity index (χ1n) is 8.14. The van der Waals surface area contributed by atoms with Gasteiger partial charge in [0.1, 0.15) is 0 Å². The molecule has 1 aromatic carbocycles. The monoisotopic (exact) mass is 345 g/mol. The molecule has 1 aromatic heterocycles. The second kappa shape index (κ2) is 6.70. The maximum Gasteiger partial charge on any atom is 0.340 e. The summed E-state index contributed by atoms with van der Waals surface area (Å²) < 4.78 is 25.8. The fraction of sp³-hybridized carbons (Fsp3) is 0.368. The highest BCUT2D eigenvalue weighted by atomic mass is 19.1. The number of carbonyl (C=O) groups is 2. The van der Waals surface area contributed by atoms with E-state index in [1.54, 1.807) is 6.07 Å². The van der Waals surface area contributed by atoms with Gasteiger partial charge in [0.15, 0.2) is 24.0 Å². The molecule has 5 nitrogen and oxygen atoms in total. The largest absolute Gasteiger partial charge is 0.494 e. The normalized spacial score (nSPS) is 13.6. The van der Waals surface area contributed by atoms with Crippen molar-refractivity contribution < 1.29 is 23.5 Å². The Morgan fingerprint density at radius 2 is 1.96 bits per heavy atom. The molecule has 2 aromatic rings. The molecule has 1 heterocycles. The summed E-state index contributed by atoms with van der Waals surface area (Å²) >= 11 is 0. The zero-order chi connectivity index (χ0) is 18.1. The van der Waals surface area contributed by atoms with E-state index in [1.807, 2.05) is 13.8 Å². The van der Waals surface area contributed by atoms with Gasteiger partial charge in [0.05, 0.1) is 12.7 Å². The SMILES string of the molecule is COc1ccc(C(=O)COC(=O)c2cc(C)n(C3CC3)c2C)cc1F. The summed E-state index contributed by atoms with van der Waals surface area (Å²) in [7, 11) is 1.35. The lowest BCUT2D eigenvalue weighted by atomic mass is 10.1. The van der Waals surface area contributed by atoms with Crippen molar-refractivity contribution >= 4 is 11.8 Å². The Kier molecular flexibility index (Phi) is 4.61. The predicted octanol–water partition coefficient (Wildman–Crippen LogP) is 3.63. The maximum atomic E-state index is 13.7. The fourth-order valence-corrected chi connectivity index (χ4v) is 3.01. The van der Waals surface area contributed by atoms with E-state index in [4.69, 9.17) is 9.47 Å². The third kappa shape index (κ3) is 3.43. The van der Waals surface area contributed by atoms with E-state index in [-0.39, 0.29) is 11.3 Å². The number of halogens is 1. The molecule has 25 heavy (non-hydrogen) atoms. The van der Waals surface area contributed by atoms with Crippen LogP contribution in [-0.2, 0) is 4.74 Å². The van der Waals surface area contributed by atoms with E-state index < -0.39 is 24.2 Å². The third-order valence-electron chi connectivity index (χ3n) is 4.42. The molecule has 0 unspecified atom stereocenters. The van der Waals surface area contributed by atoms with Gasteiger partial charge in [0.2, 0.25) is 0 Å². The summed E-state index contributed by atoms with van der Waals surface area (Å²) in [6.07, 6.45) is 2.23. The number of hydrogen-bond acceptors (Lipinski definition) is 4. The summed E-state index contributed by atoms with van der Waals surface area (Å²) in [5.74, 6) is -1.58. The highest BCUT2D eigenvalue weighted by Crippen LogP contribution is 2.38. The van der Waals surface area contributed by atoms with Crippen LogP contribution in [0, 0.1) is 19.7 Å². The van der Waals surface area contributed by atoms with Gasteiger partial charge in [0, 0.05) is 23.0 Å². The first kappa shape index (κ1) is 17.2. The smallest absolute Gasteiger partial charge is 0.340 e. The number of ether oxygens (including phenoxy) is 2. The van der Waals surface area contributed by atoms with Gasteiger partial charge in [-0.05, 0) is 51.0 Å². The molecule has 0 atom stereocenters. The molecule has 1 aliphatic rings. The Bertz CT molecular complexity index is 836. The van der Waals surface area contributed by atoms with Crippen LogP contribution in [-0.4, -0.2) is 30.0 Å². The number of rotatable bonds is 6. The average Bonchev–Trinajstić information content (AvgIpc) is 3.37. The maximum absolute atomic E-state index is 13.7. The Hall–Kier alpha value is -2.63. The van der Waals surface area contributed by atoms with E-state index in [2.05, 4.69) is 4.57 Å². The van der Waals surface area contributed by atoms with Crippen LogP contribution in [0.4, 0.5) is 4.39 Å². The first-order chi connectivity index (χ1) is 11.9. The lowest BCUT2D eigenvalue weighted by Gasteiger charge is -2.08. The molecule has 0 saturated heterocycles. The van der Waals surface area contributed by atoms with Crippen molar-refractivity contribution in [2.24, 2.45) is 0 Å². The van der Waals surface area contributed by atoms with Crippen molar-refractivity contribution in [3.8, 4) is 5.75 Å². The zero-order valence-corrected chi connectivity index (χ0v) is 14.5. The van der Waals surface area contributed by atoms with Gasteiger partial charge in [-0.25, -0.2) is 9.18 Å². The quantitative estimate of drug-likeness (QED) is 0.593. The van der Waals surface area contributed by atoms with Gasteiger partial charge in [-0.3, -0.25) is 4.79 Å². The van der Waals surface area contributed by atoms with Crippen LogP contribution < -0.4 is 4.74 Å². The minimum atomic E-state index is -0.632. The average molecular weight is 345 g/mol. The van der Waals surface area contributed by atoms with Gasteiger partial charge in [0.25, 0.3) is 0 Å². The molecule has 0 bridgehead atoms. The number of aromatic nitrogens is 1. The number of aryl methyl sites for hydroxylation is 1. The van der Waals surface area contributed by atoms with Crippen molar-refractivity contribution in [1.82, 2.24) is 4.57 Å². The lowest BCUT2D eigenvalue weighted by Crippen LogP contribution is -2.15. The summed E-state index contributed by atoms with van der Waals surface area (Å²) in [6, 6.07) is 6.14. The Morgan fingerprint density at radius 1 is 1.24 bits per heavy atom. The Labute approximate surface area is 145 Å². The van der Waals surface area contributed by atoms with Crippen LogP contribution in [0.3, 0.4) is 0 Å². The summed E-state index contributed by atoms with van der Waals surface area (Å²) in [4.78, 5) is 24.4. The van der Waals surface area contributed by atoms with Crippen molar-refractivity contribution in [2.75, 3.05) is 13.7 Å². The lowest BCUT2D eigenvalue weighted by molar-refractivity contribution is 0.0474. The van der Waals surface area contributed by atoms with E-state index in [1.165, 1.54) is 19.2 Å². The minimum Gasteiger partial charge on any atom is -0.494 e. The minimum absolute atomic E-state index is 0.0565. The van der Waals surface area contributed by atoms with E-state index in [0.29, 0.717) is 11.6 Å². The van der Waals surface area contributed by atoms with E-state index in [9.17, 15) is 14.0 Å². The molecular formula is C19H20FNO4. The molecule has 3 rings (SSSR count). The molecule has 1 aliphatic carbocycles. The number of Topliss-reactive ketones (excluding diaryl/α,β-unsaturated/α-hetero) is 1. The fourth-order valence-electron chi connectivity index (χ4n) is 3.01. The molecule has 0 aliphatic heterocycles. The van der Waals surface area contributed by atoms with E-state index in [0.717, 1.165) is 30.3 Å². The van der Waals surface area contributed by atoms with Crippen LogP contribution in [0.1, 0.15) is 51.0 Å². The first-order valence-corrected chi connectivity index (χ1v) is 8.14.